The smallest absolute Gasteiger partial charge is 0.201 e. The number of hydrogen-bond donors (Lipinski definition) is 1. The second-order valence-corrected chi connectivity index (χ2v) is 5.30. The Balaban J connectivity index is 2.38. The first-order chi connectivity index (χ1) is 8.50. The first-order valence-corrected chi connectivity index (χ1v) is 6.45. The van der Waals surface area contributed by atoms with Crippen LogP contribution in [0.3, 0.4) is 0 Å². The standard InChI is InChI=1S/C13H19ClN4/c1-9(7-8-17(2)3)18-11-6-4-5-10(14)12(11)16-13(18)15/h4-6,9H,7-8H2,1-3H3,(H2,15,16). The Morgan fingerprint density at radius 2 is 2.17 bits per heavy atom. The Labute approximate surface area is 112 Å². The van der Waals surface area contributed by atoms with Crippen molar-refractivity contribution in [2.24, 2.45) is 0 Å². The number of nitrogen functional groups attached to an aromatic ring is 1. The minimum absolute atomic E-state index is 0.302. The van der Waals surface area contributed by atoms with Gasteiger partial charge in [-0.1, -0.05) is 17.7 Å². The lowest BCUT2D eigenvalue weighted by molar-refractivity contribution is 0.362. The molecule has 2 aromatic rings. The van der Waals surface area contributed by atoms with Crippen LogP contribution in [0.5, 0.6) is 0 Å². The zero-order chi connectivity index (χ0) is 13.3. The van der Waals surface area contributed by atoms with Crippen molar-refractivity contribution in [3.8, 4) is 0 Å². The number of nitrogens with two attached hydrogens (primary N) is 1. The lowest BCUT2D eigenvalue weighted by Crippen LogP contribution is -2.18. The van der Waals surface area contributed by atoms with Crippen LogP contribution in [0.4, 0.5) is 5.95 Å². The molecule has 0 spiro atoms. The minimum Gasteiger partial charge on any atom is -0.369 e. The molecule has 2 N–H and O–H groups in total. The van der Waals surface area contributed by atoms with Gasteiger partial charge in [0.2, 0.25) is 5.95 Å². The molecular formula is C13H19ClN4. The fraction of sp³-hybridized carbons (Fsp3) is 0.462. The highest BCUT2D eigenvalue weighted by molar-refractivity contribution is 6.35. The van der Waals surface area contributed by atoms with Gasteiger partial charge in [-0.05, 0) is 46.1 Å². The van der Waals surface area contributed by atoms with Gasteiger partial charge in [0.15, 0.2) is 0 Å². The number of anilines is 1. The molecule has 98 valence electrons. The van der Waals surface area contributed by atoms with E-state index in [1.165, 1.54) is 0 Å². The molecule has 4 nitrogen and oxygen atoms in total. The van der Waals surface area contributed by atoms with Crippen LogP contribution >= 0.6 is 11.6 Å². The molecule has 1 atom stereocenters. The highest BCUT2D eigenvalue weighted by Crippen LogP contribution is 2.28. The van der Waals surface area contributed by atoms with Crippen LogP contribution in [-0.4, -0.2) is 35.1 Å². The molecule has 1 heterocycles. The maximum absolute atomic E-state index is 6.13. The molecular weight excluding hydrogens is 248 g/mol. The summed E-state index contributed by atoms with van der Waals surface area (Å²) in [7, 11) is 4.14. The van der Waals surface area contributed by atoms with E-state index in [1.54, 1.807) is 0 Å². The summed E-state index contributed by atoms with van der Waals surface area (Å²) in [6.07, 6.45) is 1.02. The number of nitrogens with zero attached hydrogens (tertiary/aromatic N) is 3. The molecule has 0 bridgehead atoms. The van der Waals surface area contributed by atoms with Gasteiger partial charge in [-0.15, -0.1) is 0 Å². The Morgan fingerprint density at radius 3 is 2.83 bits per heavy atom. The average molecular weight is 267 g/mol. The molecule has 0 aliphatic heterocycles. The van der Waals surface area contributed by atoms with Gasteiger partial charge in [0.05, 0.1) is 10.5 Å². The quantitative estimate of drug-likeness (QED) is 0.926. The van der Waals surface area contributed by atoms with Crippen molar-refractivity contribution in [1.82, 2.24) is 14.5 Å². The van der Waals surface area contributed by atoms with E-state index in [2.05, 4.69) is 35.5 Å². The van der Waals surface area contributed by atoms with Crippen molar-refractivity contribution >= 4 is 28.6 Å². The normalized spacial score (nSPS) is 13.4. The Morgan fingerprint density at radius 1 is 1.44 bits per heavy atom. The fourth-order valence-corrected chi connectivity index (χ4v) is 2.35. The molecule has 0 aliphatic carbocycles. The summed E-state index contributed by atoms with van der Waals surface area (Å²) < 4.78 is 2.06. The summed E-state index contributed by atoms with van der Waals surface area (Å²) in [4.78, 5) is 6.52. The number of para-hydroxylation sites is 1. The van der Waals surface area contributed by atoms with E-state index in [9.17, 15) is 0 Å². The summed E-state index contributed by atoms with van der Waals surface area (Å²) in [5, 5.41) is 0.651. The number of benzene rings is 1. The van der Waals surface area contributed by atoms with Gasteiger partial charge < -0.3 is 15.2 Å². The number of imidazole rings is 1. The van der Waals surface area contributed by atoms with Gasteiger partial charge in [0, 0.05) is 6.04 Å². The number of halogens is 1. The highest BCUT2D eigenvalue weighted by Gasteiger charge is 2.15. The van der Waals surface area contributed by atoms with Crippen LogP contribution in [0.2, 0.25) is 5.02 Å². The zero-order valence-corrected chi connectivity index (χ0v) is 11.8. The number of hydrogen-bond acceptors (Lipinski definition) is 3. The summed E-state index contributed by atoms with van der Waals surface area (Å²) in [5.74, 6) is 0.532. The summed E-state index contributed by atoms with van der Waals surface area (Å²) >= 11 is 6.13. The molecule has 0 radical (unpaired) electrons. The van der Waals surface area contributed by atoms with Crippen molar-refractivity contribution in [2.75, 3.05) is 26.4 Å². The van der Waals surface area contributed by atoms with Crippen LogP contribution in [-0.2, 0) is 0 Å². The summed E-state index contributed by atoms with van der Waals surface area (Å²) in [6, 6.07) is 6.08. The van der Waals surface area contributed by atoms with Crippen LogP contribution < -0.4 is 5.73 Å². The van der Waals surface area contributed by atoms with E-state index < -0.39 is 0 Å². The van der Waals surface area contributed by atoms with Crippen LogP contribution in [0.25, 0.3) is 11.0 Å². The SMILES string of the molecule is CC(CCN(C)C)n1c(N)nc2c(Cl)cccc21. The van der Waals surface area contributed by atoms with Crippen molar-refractivity contribution in [3.63, 3.8) is 0 Å². The minimum atomic E-state index is 0.302. The van der Waals surface area contributed by atoms with E-state index in [1.807, 2.05) is 18.2 Å². The topological polar surface area (TPSA) is 47.1 Å². The van der Waals surface area contributed by atoms with Gasteiger partial charge in [-0.3, -0.25) is 0 Å². The van der Waals surface area contributed by atoms with Crippen LogP contribution in [0, 0.1) is 0 Å². The van der Waals surface area contributed by atoms with Gasteiger partial charge in [0.1, 0.15) is 5.52 Å². The predicted octanol–water partition coefficient (Wildman–Crippen LogP) is 2.78. The average Bonchev–Trinajstić information content (AvgIpc) is 2.64. The lowest BCUT2D eigenvalue weighted by atomic mass is 10.2. The second kappa shape index (κ2) is 5.16. The van der Waals surface area contributed by atoms with Crippen LogP contribution in [0.1, 0.15) is 19.4 Å². The molecule has 1 unspecified atom stereocenters. The van der Waals surface area contributed by atoms with Gasteiger partial charge in [-0.2, -0.15) is 0 Å². The fourth-order valence-electron chi connectivity index (χ4n) is 2.14. The summed E-state index contributed by atoms with van der Waals surface area (Å²) in [5.41, 5.74) is 7.80. The number of aromatic nitrogens is 2. The van der Waals surface area contributed by atoms with Crippen molar-refractivity contribution in [3.05, 3.63) is 23.2 Å². The molecule has 5 heteroatoms. The van der Waals surface area contributed by atoms with E-state index in [-0.39, 0.29) is 0 Å². The molecule has 0 aliphatic rings. The molecule has 18 heavy (non-hydrogen) atoms. The number of fused-ring (bicyclic) bond motifs is 1. The van der Waals surface area contributed by atoms with Crippen molar-refractivity contribution < 1.29 is 0 Å². The third kappa shape index (κ3) is 2.44. The van der Waals surface area contributed by atoms with Gasteiger partial charge >= 0.3 is 0 Å². The first kappa shape index (κ1) is 13.2. The predicted molar refractivity (Wildman–Crippen MR) is 77.0 cm³/mol. The Kier molecular flexibility index (Phi) is 3.78. The summed E-state index contributed by atoms with van der Waals surface area (Å²) in [6.45, 7) is 3.17. The maximum Gasteiger partial charge on any atom is 0.201 e. The third-order valence-electron chi connectivity index (χ3n) is 3.13. The largest absolute Gasteiger partial charge is 0.369 e. The molecule has 0 fully saturated rings. The molecule has 0 amide bonds. The zero-order valence-electron chi connectivity index (χ0n) is 11.0. The first-order valence-electron chi connectivity index (χ1n) is 6.07. The van der Waals surface area contributed by atoms with E-state index in [0.717, 1.165) is 24.0 Å². The molecule has 1 aromatic heterocycles. The van der Waals surface area contributed by atoms with Crippen LogP contribution in [0.15, 0.2) is 18.2 Å². The van der Waals surface area contributed by atoms with Gasteiger partial charge in [-0.25, -0.2) is 4.98 Å². The molecule has 0 saturated heterocycles. The second-order valence-electron chi connectivity index (χ2n) is 4.89. The molecule has 1 aromatic carbocycles. The molecule has 2 rings (SSSR count). The van der Waals surface area contributed by atoms with Crippen molar-refractivity contribution in [1.29, 1.82) is 0 Å². The van der Waals surface area contributed by atoms with Crippen molar-refractivity contribution in [2.45, 2.75) is 19.4 Å². The maximum atomic E-state index is 6.13. The van der Waals surface area contributed by atoms with E-state index in [4.69, 9.17) is 17.3 Å². The monoisotopic (exact) mass is 266 g/mol. The highest BCUT2D eigenvalue weighted by atomic mass is 35.5. The Bertz CT molecular complexity index is 547. The third-order valence-corrected chi connectivity index (χ3v) is 3.44. The Hall–Kier alpha value is -1.26. The van der Waals surface area contributed by atoms with Gasteiger partial charge in [0.25, 0.3) is 0 Å². The molecule has 0 saturated carbocycles. The number of rotatable bonds is 4. The van der Waals surface area contributed by atoms with E-state index in [0.29, 0.717) is 17.0 Å². The van der Waals surface area contributed by atoms with E-state index >= 15 is 0 Å². The lowest BCUT2D eigenvalue weighted by Gasteiger charge is -2.18.